The summed E-state index contributed by atoms with van der Waals surface area (Å²) in [6.07, 6.45) is -9.84. The largest absolute Gasteiger partial charge is 0.493 e. The van der Waals surface area contributed by atoms with Gasteiger partial charge in [0.2, 0.25) is 11.7 Å². The molecule has 2 aromatic carbocycles. The van der Waals surface area contributed by atoms with Gasteiger partial charge in [-0.1, -0.05) is 0 Å². The number of benzene rings is 2. The first-order valence-corrected chi connectivity index (χ1v) is 8.32. The predicted molar refractivity (Wildman–Crippen MR) is 84.8 cm³/mol. The molecule has 3 aromatic rings. The van der Waals surface area contributed by atoms with Gasteiger partial charge in [-0.3, -0.25) is 4.79 Å². The van der Waals surface area contributed by atoms with Gasteiger partial charge in [0.05, 0.1) is 0 Å². The molecule has 35 heavy (non-hydrogen) atoms. The Morgan fingerprint density at radius 3 is 1.71 bits per heavy atom. The van der Waals surface area contributed by atoms with Crippen LogP contribution in [0.1, 0.15) is 33.6 Å². The van der Waals surface area contributed by atoms with Gasteiger partial charge in [-0.25, -0.2) is 39.5 Å². The van der Waals surface area contributed by atoms with E-state index >= 15 is 0 Å². The van der Waals surface area contributed by atoms with Crippen molar-refractivity contribution >= 4 is 5.78 Å². The SMILES string of the molecule is O=C(c1cc(F)c(F)c(F)c1)c1c(C(F)F)nn(-c2c(F)c(F)c(C(F)(F)F)c(F)c2F)c1O.[Mn]. The molecule has 1 N–H and O–H groups in total. The van der Waals surface area contributed by atoms with E-state index < -0.39 is 97.7 Å². The van der Waals surface area contributed by atoms with Gasteiger partial charge < -0.3 is 5.11 Å². The van der Waals surface area contributed by atoms with Crippen LogP contribution in [-0.4, -0.2) is 20.7 Å². The summed E-state index contributed by atoms with van der Waals surface area (Å²) >= 11 is 0. The molecule has 1 heterocycles. The van der Waals surface area contributed by atoms with E-state index in [0.717, 1.165) is 0 Å². The number of hydrogen-bond acceptors (Lipinski definition) is 3. The monoisotopic (exact) mass is 563 g/mol. The van der Waals surface area contributed by atoms with E-state index in [4.69, 9.17) is 0 Å². The van der Waals surface area contributed by atoms with Gasteiger partial charge in [0.25, 0.3) is 6.43 Å². The zero-order chi connectivity index (χ0) is 25.9. The van der Waals surface area contributed by atoms with Crippen LogP contribution >= 0.6 is 0 Å². The van der Waals surface area contributed by atoms with Crippen LogP contribution in [-0.2, 0) is 23.2 Å². The van der Waals surface area contributed by atoms with Crippen LogP contribution in [0.25, 0.3) is 5.69 Å². The minimum atomic E-state index is -5.95. The zero-order valence-electron chi connectivity index (χ0n) is 15.9. The van der Waals surface area contributed by atoms with Crippen molar-refractivity contribution in [1.29, 1.82) is 0 Å². The quantitative estimate of drug-likeness (QED) is 0.145. The molecular formula is C18H4F12MnN2O2. The van der Waals surface area contributed by atoms with Crippen molar-refractivity contribution in [1.82, 2.24) is 9.78 Å². The van der Waals surface area contributed by atoms with Crippen LogP contribution in [0, 0.1) is 40.7 Å². The first-order chi connectivity index (χ1) is 15.6. The molecule has 0 spiro atoms. The average molecular weight is 563 g/mol. The summed E-state index contributed by atoms with van der Waals surface area (Å²) in [5.41, 5.74) is -10.1. The Balaban J connectivity index is 0.00000432. The van der Waals surface area contributed by atoms with Gasteiger partial charge in [0.15, 0.2) is 40.7 Å². The first-order valence-electron chi connectivity index (χ1n) is 8.32. The maximum Gasteiger partial charge on any atom is 0.422 e. The van der Waals surface area contributed by atoms with Gasteiger partial charge in [-0.05, 0) is 12.1 Å². The van der Waals surface area contributed by atoms with Crippen molar-refractivity contribution in [2.24, 2.45) is 0 Å². The first kappa shape index (κ1) is 28.0. The molecule has 0 saturated heterocycles. The van der Waals surface area contributed by atoms with Crippen molar-refractivity contribution in [3.05, 3.63) is 75.2 Å². The number of carbonyl (C=O) groups excluding carboxylic acids is 1. The molecule has 0 fully saturated rings. The summed E-state index contributed by atoms with van der Waals surface area (Å²) < 4.78 is 160. The van der Waals surface area contributed by atoms with Gasteiger partial charge in [0.1, 0.15) is 22.5 Å². The number of ketones is 1. The van der Waals surface area contributed by atoms with Crippen LogP contribution in [0.15, 0.2) is 12.1 Å². The summed E-state index contributed by atoms with van der Waals surface area (Å²) in [6, 6.07) is -0.0171. The van der Waals surface area contributed by atoms with E-state index in [1.54, 1.807) is 0 Å². The number of aromatic nitrogens is 2. The molecule has 0 aliphatic carbocycles. The number of halogens is 12. The van der Waals surface area contributed by atoms with E-state index in [9.17, 15) is 62.6 Å². The number of aromatic hydroxyl groups is 1. The van der Waals surface area contributed by atoms with Gasteiger partial charge in [-0.2, -0.15) is 23.0 Å². The van der Waals surface area contributed by atoms with Crippen molar-refractivity contribution in [2.75, 3.05) is 0 Å². The molecule has 3 rings (SSSR count). The van der Waals surface area contributed by atoms with Crippen LogP contribution in [0.5, 0.6) is 5.88 Å². The van der Waals surface area contributed by atoms with E-state index in [0.29, 0.717) is 0 Å². The summed E-state index contributed by atoms with van der Waals surface area (Å²) in [4.78, 5) is 12.5. The van der Waals surface area contributed by atoms with Crippen molar-refractivity contribution in [3.63, 3.8) is 0 Å². The second-order valence-corrected chi connectivity index (χ2v) is 6.36. The Labute approximate surface area is 195 Å². The molecule has 0 atom stereocenters. The number of nitrogens with zero attached hydrogens (tertiary/aromatic N) is 2. The minimum Gasteiger partial charge on any atom is -0.493 e. The molecule has 1 aromatic heterocycles. The third-order valence-electron chi connectivity index (χ3n) is 4.30. The van der Waals surface area contributed by atoms with Crippen molar-refractivity contribution < 1.29 is 79.7 Å². The third-order valence-corrected chi connectivity index (χ3v) is 4.30. The maximum absolute atomic E-state index is 14.2. The Morgan fingerprint density at radius 2 is 1.31 bits per heavy atom. The van der Waals surface area contributed by atoms with E-state index in [2.05, 4.69) is 5.10 Å². The molecule has 0 amide bonds. The number of carbonyl (C=O) groups is 1. The Morgan fingerprint density at radius 1 is 0.857 bits per heavy atom. The Kier molecular flexibility index (Phi) is 7.57. The van der Waals surface area contributed by atoms with Gasteiger partial charge in [0, 0.05) is 22.6 Å². The second kappa shape index (κ2) is 9.45. The topological polar surface area (TPSA) is 55.1 Å². The summed E-state index contributed by atoms with van der Waals surface area (Å²) in [6.45, 7) is 0. The normalized spacial score (nSPS) is 11.7. The molecule has 0 unspecified atom stereocenters. The Hall–Kier alpha value is -3.20. The fourth-order valence-corrected chi connectivity index (χ4v) is 2.84. The Bertz CT molecular complexity index is 1280. The van der Waals surface area contributed by atoms with Crippen molar-refractivity contribution in [3.8, 4) is 11.6 Å². The minimum absolute atomic E-state index is 0. The molecule has 0 aliphatic heterocycles. The fourth-order valence-electron chi connectivity index (χ4n) is 2.84. The van der Waals surface area contributed by atoms with E-state index in [1.165, 1.54) is 0 Å². The number of rotatable bonds is 4. The van der Waals surface area contributed by atoms with Crippen LogP contribution < -0.4 is 0 Å². The zero-order valence-corrected chi connectivity index (χ0v) is 17.1. The third kappa shape index (κ3) is 4.57. The average Bonchev–Trinajstić information content (AvgIpc) is 3.06. The summed E-state index contributed by atoms with van der Waals surface area (Å²) in [7, 11) is 0. The molecular weight excluding hydrogens is 559 g/mol. The number of alkyl halides is 5. The molecule has 0 bridgehead atoms. The van der Waals surface area contributed by atoms with Crippen molar-refractivity contribution in [2.45, 2.75) is 12.6 Å². The van der Waals surface area contributed by atoms with Gasteiger partial charge >= 0.3 is 6.18 Å². The molecule has 1 radical (unpaired) electrons. The van der Waals surface area contributed by atoms with Crippen LogP contribution in [0.4, 0.5) is 52.7 Å². The van der Waals surface area contributed by atoms with Gasteiger partial charge in [-0.15, -0.1) is 0 Å². The second-order valence-electron chi connectivity index (χ2n) is 6.36. The summed E-state index contributed by atoms with van der Waals surface area (Å²) in [5.74, 6) is -21.7. The van der Waals surface area contributed by atoms with E-state index in [-0.39, 0.29) is 29.2 Å². The molecule has 0 saturated carbocycles. The molecule has 189 valence electrons. The van der Waals surface area contributed by atoms with E-state index in [1.807, 2.05) is 0 Å². The van der Waals surface area contributed by atoms with Crippen LogP contribution in [0.2, 0.25) is 0 Å². The predicted octanol–water partition coefficient (Wildman–Crippen LogP) is 5.74. The smallest absolute Gasteiger partial charge is 0.422 e. The standard InChI is InChI=1S/C18H4F12N2O2.Mn/c19-4-1-3(2-5(20)8(4)21)15(33)6-13(16(26)27)31-32(17(6)34)14-11(24)9(22)7(18(28,29)30)10(23)12(14)25;/h1-2,16,34H;. The van der Waals surface area contributed by atoms with Crippen LogP contribution in [0.3, 0.4) is 0 Å². The maximum atomic E-state index is 14.2. The number of hydrogen-bond donors (Lipinski definition) is 1. The summed E-state index contributed by atoms with van der Waals surface area (Å²) in [5, 5.41) is 12.8. The molecule has 0 aliphatic rings. The molecule has 4 nitrogen and oxygen atoms in total. The fraction of sp³-hybridized carbons (Fsp3) is 0.111. The molecule has 17 heteroatoms.